The molecule has 0 aromatic heterocycles. The van der Waals surface area contributed by atoms with Gasteiger partial charge in [-0.05, 0) is 81.9 Å². The molecule has 3 rings (SSSR count). The molecule has 1 N–H and O–H groups in total. The zero-order chi connectivity index (χ0) is 16.1. The van der Waals surface area contributed by atoms with Crippen LogP contribution in [0.4, 0.5) is 0 Å². The summed E-state index contributed by atoms with van der Waals surface area (Å²) in [6.45, 7) is 7.67. The van der Waals surface area contributed by atoms with Gasteiger partial charge in [0.1, 0.15) is 12.4 Å². The van der Waals surface area contributed by atoms with Gasteiger partial charge in [-0.1, -0.05) is 24.6 Å². The molecule has 1 aromatic carbocycles. The highest BCUT2D eigenvalue weighted by atomic mass is 35.5. The van der Waals surface area contributed by atoms with Crippen molar-refractivity contribution in [3.05, 3.63) is 28.8 Å². The minimum absolute atomic E-state index is 0.525. The second kappa shape index (κ2) is 8.36. The number of benzene rings is 1. The van der Waals surface area contributed by atoms with Gasteiger partial charge in [0.25, 0.3) is 0 Å². The van der Waals surface area contributed by atoms with E-state index in [1.165, 1.54) is 44.3 Å². The van der Waals surface area contributed by atoms with Gasteiger partial charge in [0, 0.05) is 11.1 Å². The van der Waals surface area contributed by atoms with E-state index in [-0.39, 0.29) is 0 Å². The van der Waals surface area contributed by atoms with Crippen molar-refractivity contribution in [2.24, 2.45) is 0 Å². The molecular weight excluding hydrogens is 308 g/mol. The summed E-state index contributed by atoms with van der Waals surface area (Å²) in [6, 6.07) is 6.71. The van der Waals surface area contributed by atoms with Gasteiger partial charge >= 0.3 is 0 Å². The standard InChI is InChI=1S/C19H29ClN2O/c1-2-17(22-11-3-4-12-22)14-23-19-13-16(20)5-6-18(19)15-7-9-21-10-8-15/h5-6,13,15,17,21H,2-4,7-12,14H2,1H3. The summed E-state index contributed by atoms with van der Waals surface area (Å²) < 4.78 is 6.29. The molecule has 0 bridgehead atoms. The molecule has 2 fully saturated rings. The predicted octanol–water partition coefficient (Wildman–Crippen LogP) is 4.06. The number of nitrogens with one attached hydrogen (secondary N) is 1. The van der Waals surface area contributed by atoms with E-state index in [1.807, 2.05) is 12.1 Å². The van der Waals surface area contributed by atoms with Crippen molar-refractivity contribution < 1.29 is 4.74 Å². The van der Waals surface area contributed by atoms with Crippen LogP contribution in [0.2, 0.25) is 5.02 Å². The average molecular weight is 337 g/mol. The first-order valence-electron chi connectivity index (χ1n) is 9.15. The van der Waals surface area contributed by atoms with Crippen LogP contribution in [-0.2, 0) is 0 Å². The Morgan fingerprint density at radius 2 is 2.00 bits per heavy atom. The fraction of sp³-hybridized carbons (Fsp3) is 0.684. The lowest BCUT2D eigenvalue weighted by molar-refractivity contribution is 0.154. The summed E-state index contributed by atoms with van der Waals surface area (Å²) in [6.07, 6.45) is 6.16. The van der Waals surface area contributed by atoms with Crippen molar-refractivity contribution in [1.29, 1.82) is 0 Å². The van der Waals surface area contributed by atoms with E-state index in [9.17, 15) is 0 Å². The van der Waals surface area contributed by atoms with Crippen LogP contribution in [0.5, 0.6) is 5.75 Å². The molecule has 128 valence electrons. The van der Waals surface area contributed by atoms with Gasteiger partial charge < -0.3 is 10.1 Å². The number of halogens is 1. The van der Waals surface area contributed by atoms with E-state index in [2.05, 4.69) is 23.2 Å². The number of nitrogens with zero attached hydrogens (tertiary/aromatic N) is 1. The number of hydrogen-bond acceptors (Lipinski definition) is 3. The fourth-order valence-electron chi connectivity index (χ4n) is 3.88. The van der Waals surface area contributed by atoms with Crippen molar-refractivity contribution in [2.45, 2.75) is 51.0 Å². The molecule has 2 aliphatic heterocycles. The van der Waals surface area contributed by atoms with Gasteiger partial charge in [-0.25, -0.2) is 0 Å². The first-order valence-corrected chi connectivity index (χ1v) is 9.52. The highest BCUT2D eigenvalue weighted by Gasteiger charge is 2.23. The number of piperidine rings is 1. The molecule has 0 saturated carbocycles. The number of hydrogen-bond donors (Lipinski definition) is 1. The zero-order valence-corrected chi connectivity index (χ0v) is 14.9. The Labute approximate surface area is 145 Å². The predicted molar refractivity (Wildman–Crippen MR) is 96.7 cm³/mol. The Bertz CT molecular complexity index is 496. The average Bonchev–Trinajstić information content (AvgIpc) is 3.11. The van der Waals surface area contributed by atoms with Crippen molar-refractivity contribution in [1.82, 2.24) is 10.2 Å². The van der Waals surface area contributed by atoms with Crippen LogP contribution < -0.4 is 10.1 Å². The highest BCUT2D eigenvalue weighted by molar-refractivity contribution is 6.30. The number of rotatable bonds is 6. The molecule has 1 aromatic rings. The molecule has 0 spiro atoms. The Kier molecular flexibility index (Phi) is 6.21. The molecular formula is C19H29ClN2O. The van der Waals surface area contributed by atoms with E-state index in [0.29, 0.717) is 12.0 Å². The maximum Gasteiger partial charge on any atom is 0.124 e. The third-order valence-electron chi connectivity index (χ3n) is 5.31. The molecule has 2 aliphatic rings. The van der Waals surface area contributed by atoms with Crippen LogP contribution >= 0.6 is 11.6 Å². The van der Waals surface area contributed by atoms with Gasteiger partial charge in [-0.3, -0.25) is 4.90 Å². The number of ether oxygens (including phenoxy) is 1. The van der Waals surface area contributed by atoms with E-state index in [1.54, 1.807) is 0 Å². The van der Waals surface area contributed by atoms with Gasteiger partial charge in [0.2, 0.25) is 0 Å². The van der Waals surface area contributed by atoms with Crippen molar-refractivity contribution in [3.8, 4) is 5.75 Å². The Morgan fingerprint density at radius 1 is 1.26 bits per heavy atom. The monoisotopic (exact) mass is 336 g/mol. The lowest BCUT2D eigenvalue weighted by atomic mass is 9.89. The second-order valence-electron chi connectivity index (χ2n) is 6.82. The summed E-state index contributed by atoms with van der Waals surface area (Å²) in [7, 11) is 0. The minimum atomic E-state index is 0.525. The molecule has 2 saturated heterocycles. The minimum Gasteiger partial charge on any atom is -0.492 e. The van der Waals surface area contributed by atoms with Gasteiger partial charge in [-0.15, -0.1) is 0 Å². The van der Waals surface area contributed by atoms with Crippen LogP contribution in [0.3, 0.4) is 0 Å². The summed E-state index contributed by atoms with van der Waals surface area (Å²) in [4.78, 5) is 2.58. The van der Waals surface area contributed by atoms with Crippen LogP contribution in [0.1, 0.15) is 50.5 Å². The second-order valence-corrected chi connectivity index (χ2v) is 7.26. The molecule has 4 heteroatoms. The smallest absolute Gasteiger partial charge is 0.124 e. The largest absolute Gasteiger partial charge is 0.492 e. The van der Waals surface area contributed by atoms with Crippen LogP contribution in [0.15, 0.2) is 18.2 Å². The third kappa shape index (κ3) is 4.40. The first kappa shape index (κ1) is 17.1. The molecule has 23 heavy (non-hydrogen) atoms. The molecule has 3 nitrogen and oxygen atoms in total. The van der Waals surface area contributed by atoms with E-state index < -0.39 is 0 Å². The summed E-state index contributed by atoms with van der Waals surface area (Å²) in [5.41, 5.74) is 1.34. The third-order valence-corrected chi connectivity index (χ3v) is 5.55. The summed E-state index contributed by atoms with van der Waals surface area (Å²) in [5.74, 6) is 1.59. The van der Waals surface area contributed by atoms with Crippen LogP contribution in [0, 0.1) is 0 Å². The summed E-state index contributed by atoms with van der Waals surface area (Å²) in [5, 5.41) is 4.21. The quantitative estimate of drug-likeness (QED) is 0.847. The highest BCUT2D eigenvalue weighted by Crippen LogP contribution is 2.34. The van der Waals surface area contributed by atoms with Gasteiger partial charge in [0.15, 0.2) is 0 Å². The molecule has 1 atom stereocenters. The van der Waals surface area contributed by atoms with Crippen molar-refractivity contribution >= 4 is 11.6 Å². The number of likely N-dealkylation sites (tertiary alicyclic amines) is 1. The van der Waals surface area contributed by atoms with Crippen LogP contribution in [-0.4, -0.2) is 43.7 Å². The molecule has 0 amide bonds. The van der Waals surface area contributed by atoms with E-state index in [0.717, 1.165) is 36.9 Å². The normalized spacial score (nSPS) is 21.5. The molecule has 0 aliphatic carbocycles. The Balaban J connectivity index is 1.69. The summed E-state index contributed by atoms with van der Waals surface area (Å²) >= 11 is 6.23. The lowest BCUT2D eigenvalue weighted by Gasteiger charge is -2.28. The van der Waals surface area contributed by atoms with Gasteiger partial charge in [-0.2, -0.15) is 0 Å². The molecule has 2 heterocycles. The van der Waals surface area contributed by atoms with E-state index in [4.69, 9.17) is 16.3 Å². The topological polar surface area (TPSA) is 24.5 Å². The Hall–Kier alpha value is -0.770. The molecule has 0 radical (unpaired) electrons. The van der Waals surface area contributed by atoms with Crippen molar-refractivity contribution in [2.75, 3.05) is 32.8 Å². The maximum absolute atomic E-state index is 6.29. The SMILES string of the molecule is CCC(COc1cc(Cl)ccc1C1CCNCC1)N1CCCC1. The van der Waals surface area contributed by atoms with E-state index >= 15 is 0 Å². The van der Waals surface area contributed by atoms with Crippen molar-refractivity contribution in [3.63, 3.8) is 0 Å². The zero-order valence-electron chi connectivity index (χ0n) is 14.2. The van der Waals surface area contributed by atoms with Gasteiger partial charge in [0.05, 0.1) is 0 Å². The molecule has 1 unspecified atom stereocenters. The fourth-order valence-corrected chi connectivity index (χ4v) is 4.04. The lowest BCUT2D eigenvalue weighted by Crippen LogP contribution is -2.37. The van der Waals surface area contributed by atoms with Crippen LogP contribution in [0.25, 0.3) is 0 Å². The first-order chi connectivity index (χ1) is 11.3. The maximum atomic E-state index is 6.29. The Morgan fingerprint density at radius 3 is 2.70 bits per heavy atom.